The van der Waals surface area contributed by atoms with Crippen LogP contribution >= 0.6 is 0 Å². The summed E-state index contributed by atoms with van der Waals surface area (Å²) < 4.78 is 5.38. The monoisotopic (exact) mass is 497 g/mol. The summed E-state index contributed by atoms with van der Waals surface area (Å²) in [5.74, 6) is -0.319. The van der Waals surface area contributed by atoms with Gasteiger partial charge in [-0.1, -0.05) is 42.5 Å². The molecule has 1 aliphatic rings. The van der Waals surface area contributed by atoms with Crippen LogP contribution in [0.3, 0.4) is 0 Å². The van der Waals surface area contributed by atoms with Gasteiger partial charge in [-0.3, -0.25) is 20.5 Å². The van der Waals surface area contributed by atoms with E-state index in [1.165, 1.54) is 5.56 Å². The standard InChI is InChI=1S/C29H31N5O3/c1-21(28(35)32-34-17-15-33(16-18-34)20-23-5-3-2-4-6-23)19-22-7-9-25(10-8-22)29(36)37-26-13-11-24(12-14-26)27(30)31/h2-14,19H,15-18,20H2,1H3,(H3,30,31)(H,32,35)/b21-19+. The number of nitrogens with two attached hydrogens (primary N) is 1. The first kappa shape index (κ1) is 25.8. The SMILES string of the molecule is C/C(=C\c1ccc(C(=O)Oc2ccc(C(=N)N)cc2)cc1)C(=O)NN1CCN(Cc2ccccc2)CC1. The summed E-state index contributed by atoms with van der Waals surface area (Å²) in [4.78, 5) is 27.5. The average molecular weight is 498 g/mol. The van der Waals surface area contributed by atoms with Crippen molar-refractivity contribution in [1.82, 2.24) is 15.3 Å². The topological polar surface area (TPSA) is 112 Å². The van der Waals surface area contributed by atoms with E-state index in [1.54, 1.807) is 61.5 Å². The van der Waals surface area contributed by atoms with Crippen molar-refractivity contribution in [3.8, 4) is 5.75 Å². The third kappa shape index (κ3) is 7.36. The second-order valence-electron chi connectivity index (χ2n) is 8.97. The molecule has 1 aliphatic heterocycles. The van der Waals surface area contributed by atoms with Crippen LogP contribution < -0.4 is 15.9 Å². The number of esters is 1. The summed E-state index contributed by atoms with van der Waals surface area (Å²) in [6, 6.07) is 23.7. The molecule has 8 heteroatoms. The minimum atomic E-state index is -0.494. The van der Waals surface area contributed by atoms with Crippen molar-refractivity contribution in [2.75, 3.05) is 26.2 Å². The quantitative estimate of drug-likeness (QED) is 0.145. The number of hydrazine groups is 1. The predicted molar refractivity (Wildman–Crippen MR) is 144 cm³/mol. The van der Waals surface area contributed by atoms with Gasteiger partial charge in [0.1, 0.15) is 11.6 Å². The molecule has 0 bridgehead atoms. The molecule has 3 aromatic rings. The van der Waals surface area contributed by atoms with Crippen molar-refractivity contribution >= 4 is 23.8 Å². The molecule has 1 saturated heterocycles. The van der Waals surface area contributed by atoms with Crippen molar-refractivity contribution in [2.45, 2.75) is 13.5 Å². The van der Waals surface area contributed by atoms with Gasteiger partial charge in [-0.2, -0.15) is 0 Å². The highest BCUT2D eigenvalue weighted by atomic mass is 16.5. The minimum absolute atomic E-state index is 0.0492. The van der Waals surface area contributed by atoms with Gasteiger partial charge in [0.05, 0.1) is 5.56 Å². The molecule has 0 spiro atoms. The molecular formula is C29H31N5O3. The lowest BCUT2D eigenvalue weighted by atomic mass is 10.1. The van der Waals surface area contributed by atoms with E-state index in [4.69, 9.17) is 15.9 Å². The second-order valence-corrected chi connectivity index (χ2v) is 8.97. The van der Waals surface area contributed by atoms with Crippen LogP contribution in [0.2, 0.25) is 0 Å². The van der Waals surface area contributed by atoms with Crippen molar-refractivity contribution in [2.24, 2.45) is 5.73 Å². The van der Waals surface area contributed by atoms with Crippen LogP contribution in [-0.4, -0.2) is 53.8 Å². The fourth-order valence-corrected chi connectivity index (χ4v) is 3.99. The number of nitrogen functional groups attached to an aromatic ring is 1. The van der Waals surface area contributed by atoms with Gasteiger partial charge in [-0.05, 0) is 60.5 Å². The Morgan fingerprint density at radius 2 is 1.54 bits per heavy atom. The van der Waals surface area contributed by atoms with Crippen LogP contribution in [0.4, 0.5) is 0 Å². The number of hydrogen-bond donors (Lipinski definition) is 3. The third-order valence-electron chi connectivity index (χ3n) is 6.14. The van der Waals surface area contributed by atoms with Crippen LogP contribution in [0.5, 0.6) is 5.75 Å². The largest absolute Gasteiger partial charge is 0.423 e. The number of benzene rings is 3. The average Bonchev–Trinajstić information content (AvgIpc) is 2.91. The fourth-order valence-electron chi connectivity index (χ4n) is 3.99. The molecule has 1 amide bonds. The van der Waals surface area contributed by atoms with E-state index >= 15 is 0 Å². The minimum Gasteiger partial charge on any atom is -0.423 e. The first-order valence-electron chi connectivity index (χ1n) is 12.1. The van der Waals surface area contributed by atoms with Gasteiger partial charge in [0.25, 0.3) is 5.91 Å². The first-order valence-corrected chi connectivity index (χ1v) is 12.1. The lowest BCUT2D eigenvalue weighted by Gasteiger charge is -2.34. The van der Waals surface area contributed by atoms with E-state index in [9.17, 15) is 9.59 Å². The highest BCUT2D eigenvalue weighted by molar-refractivity contribution is 5.97. The molecular weight excluding hydrogens is 466 g/mol. The zero-order chi connectivity index (χ0) is 26.2. The number of amides is 1. The van der Waals surface area contributed by atoms with Crippen LogP contribution in [0.25, 0.3) is 6.08 Å². The highest BCUT2D eigenvalue weighted by Crippen LogP contribution is 2.16. The summed E-state index contributed by atoms with van der Waals surface area (Å²) >= 11 is 0. The van der Waals surface area contributed by atoms with Gasteiger partial charge in [0.2, 0.25) is 0 Å². The maximum atomic E-state index is 12.7. The van der Waals surface area contributed by atoms with Crippen LogP contribution in [0, 0.1) is 5.41 Å². The number of rotatable bonds is 8. The number of carbonyl (C=O) groups is 2. The zero-order valence-electron chi connectivity index (χ0n) is 20.8. The second kappa shape index (κ2) is 12.1. The molecule has 0 radical (unpaired) electrons. The van der Waals surface area contributed by atoms with Gasteiger partial charge < -0.3 is 10.5 Å². The number of nitrogens with one attached hydrogen (secondary N) is 2. The van der Waals surface area contributed by atoms with Gasteiger partial charge >= 0.3 is 5.97 Å². The number of hydrogen-bond acceptors (Lipinski definition) is 6. The summed E-state index contributed by atoms with van der Waals surface area (Å²) in [7, 11) is 0. The molecule has 0 saturated carbocycles. The molecule has 3 aromatic carbocycles. The lowest BCUT2D eigenvalue weighted by Crippen LogP contribution is -2.53. The maximum Gasteiger partial charge on any atom is 0.343 e. The molecule has 4 N–H and O–H groups in total. The normalized spacial score (nSPS) is 14.7. The molecule has 0 aliphatic carbocycles. The Bertz CT molecular complexity index is 1260. The van der Waals surface area contributed by atoms with Crippen molar-refractivity contribution < 1.29 is 14.3 Å². The van der Waals surface area contributed by atoms with E-state index in [0.717, 1.165) is 38.3 Å². The summed E-state index contributed by atoms with van der Waals surface area (Å²) in [5.41, 5.74) is 12.1. The van der Waals surface area contributed by atoms with Crippen molar-refractivity contribution in [3.05, 3.63) is 107 Å². The first-order chi connectivity index (χ1) is 17.9. The fraction of sp³-hybridized carbons (Fsp3) is 0.207. The van der Waals surface area contributed by atoms with Gasteiger partial charge in [0.15, 0.2) is 0 Å². The molecule has 0 aromatic heterocycles. The maximum absolute atomic E-state index is 12.7. The van der Waals surface area contributed by atoms with E-state index < -0.39 is 5.97 Å². The Morgan fingerprint density at radius 3 is 2.16 bits per heavy atom. The predicted octanol–water partition coefficient (Wildman–Crippen LogP) is 3.44. The molecule has 190 valence electrons. The Hall–Kier alpha value is -4.27. The Balaban J connectivity index is 1.26. The van der Waals surface area contributed by atoms with Crippen LogP contribution in [0.15, 0.2) is 84.4 Å². The van der Waals surface area contributed by atoms with E-state index in [-0.39, 0.29) is 11.7 Å². The third-order valence-corrected chi connectivity index (χ3v) is 6.14. The van der Waals surface area contributed by atoms with Gasteiger partial charge in [0, 0.05) is 43.9 Å². The molecule has 4 rings (SSSR count). The van der Waals surface area contributed by atoms with Gasteiger partial charge in [-0.15, -0.1) is 0 Å². The Morgan fingerprint density at radius 1 is 0.919 bits per heavy atom. The summed E-state index contributed by atoms with van der Waals surface area (Å²) in [5, 5.41) is 9.38. The van der Waals surface area contributed by atoms with Crippen molar-refractivity contribution in [1.29, 1.82) is 5.41 Å². The number of piperazine rings is 1. The lowest BCUT2D eigenvalue weighted by molar-refractivity contribution is -0.122. The van der Waals surface area contributed by atoms with E-state index in [1.807, 2.05) is 11.1 Å². The number of ether oxygens (including phenoxy) is 1. The molecule has 37 heavy (non-hydrogen) atoms. The van der Waals surface area contributed by atoms with E-state index in [2.05, 4.69) is 34.6 Å². The Kier molecular flexibility index (Phi) is 8.45. The zero-order valence-corrected chi connectivity index (χ0v) is 20.8. The molecule has 1 heterocycles. The number of nitrogens with zero attached hydrogens (tertiary/aromatic N) is 2. The molecule has 8 nitrogen and oxygen atoms in total. The van der Waals surface area contributed by atoms with E-state index in [0.29, 0.717) is 22.4 Å². The smallest absolute Gasteiger partial charge is 0.343 e. The molecule has 0 atom stereocenters. The van der Waals surface area contributed by atoms with Gasteiger partial charge in [-0.25, -0.2) is 9.80 Å². The number of amidine groups is 1. The summed E-state index contributed by atoms with van der Waals surface area (Å²) in [6.45, 7) is 5.98. The highest BCUT2D eigenvalue weighted by Gasteiger charge is 2.19. The van der Waals surface area contributed by atoms with Crippen molar-refractivity contribution in [3.63, 3.8) is 0 Å². The Labute approximate surface area is 216 Å². The molecule has 0 unspecified atom stereocenters. The molecule has 1 fully saturated rings. The summed E-state index contributed by atoms with van der Waals surface area (Å²) in [6.07, 6.45) is 1.79. The van der Waals surface area contributed by atoms with Crippen LogP contribution in [0.1, 0.15) is 34.0 Å². The van der Waals surface area contributed by atoms with Crippen LogP contribution in [-0.2, 0) is 11.3 Å². The number of carbonyl (C=O) groups excluding carboxylic acids is 2.